The molecular weight excluding hydrogens is 294 g/mol. The number of hydrogen-bond donors (Lipinski definition) is 1. The topological polar surface area (TPSA) is 54.9 Å². The summed E-state index contributed by atoms with van der Waals surface area (Å²) in [5, 5.41) is 3.32. The minimum absolute atomic E-state index is 0.0261. The molecule has 0 radical (unpaired) electrons. The Morgan fingerprint density at radius 3 is 2.68 bits per heavy atom. The van der Waals surface area contributed by atoms with Crippen LogP contribution in [0.2, 0.25) is 0 Å². The van der Waals surface area contributed by atoms with Crippen molar-refractivity contribution >= 4 is 17.7 Å². The number of carbonyl (C=O) groups excluding carboxylic acids is 1. The Hall–Kier alpha value is -1.88. The van der Waals surface area contributed by atoms with E-state index in [0.717, 1.165) is 23.4 Å². The summed E-state index contributed by atoms with van der Waals surface area (Å²) in [6, 6.07) is 12.0. The second-order valence-corrected chi connectivity index (χ2v) is 6.40. The fourth-order valence-electron chi connectivity index (χ4n) is 1.95. The number of hydrogen-bond acceptors (Lipinski definition) is 4. The number of nitrogens with one attached hydrogen (secondary N) is 1. The SMILES string of the molecule is CCCNC(=O)[C@@H](C)Sc1nc(C)cc(-c2ccccc2)n1. The van der Waals surface area contributed by atoms with Crippen molar-refractivity contribution in [3.8, 4) is 11.3 Å². The molecule has 0 spiro atoms. The third-order valence-corrected chi connectivity index (χ3v) is 4.06. The fraction of sp³-hybridized carbons (Fsp3) is 0.353. The van der Waals surface area contributed by atoms with E-state index < -0.39 is 0 Å². The van der Waals surface area contributed by atoms with Gasteiger partial charge in [0.15, 0.2) is 5.16 Å². The number of benzene rings is 1. The van der Waals surface area contributed by atoms with Gasteiger partial charge in [-0.1, -0.05) is 49.0 Å². The lowest BCUT2D eigenvalue weighted by Crippen LogP contribution is -2.31. The Bertz CT molecular complexity index is 631. The normalized spacial score (nSPS) is 12.0. The number of carbonyl (C=O) groups is 1. The first-order valence-electron chi connectivity index (χ1n) is 7.45. The molecule has 4 nitrogen and oxygen atoms in total. The second-order valence-electron chi connectivity index (χ2n) is 5.09. The van der Waals surface area contributed by atoms with Crippen molar-refractivity contribution in [2.45, 2.75) is 37.6 Å². The molecule has 0 unspecified atom stereocenters. The average molecular weight is 315 g/mol. The van der Waals surface area contributed by atoms with Crippen LogP contribution in [0, 0.1) is 6.92 Å². The lowest BCUT2D eigenvalue weighted by atomic mass is 10.1. The number of aryl methyl sites for hydroxylation is 1. The molecule has 5 heteroatoms. The Kier molecular flexibility index (Phi) is 5.95. The molecule has 1 N–H and O–H groups in total. The molecule has 2 aromatic rings. The first kappa shape index (κ1) is 16.5. The molecule has 0 aliphatic heterocycles. The molecule has 0 saturated heterocycles. The largest absolute Gasteiger partial charge is 0.355 e. The summed E-state index contributed by atoms with van der Waals surface area (Å²) in [6.45, 7) is 6.56. The number of nitrogens with zero attached hydrogens (tertiary/aromatic N) is 2. The van der Waals surface area contributed by atoms with Crippen LogP contribution < -0.4 is 5.32 Å². The molecule has 1 aromatic heterocycles. The van der Waals surface area contributed by atoms with Crippen LogP contribution in [0.15, 0.2) is 41.6 Å². The Balaban J connectivity index is 2.15. The van der Waals surface area contributed by atoms with Gasteiger partial charge < -0.3 is 5.32 Å². The van der Waals surface area contributed by atoms with Crippen LogP contribution in [0.1, 0.15) is 26.0 Å². The van der Waals surface area contributed by atoms with E-state index in [4.69, 9.17) is 0 Å². The van der Waals surface area contributed by atoms with Crippen molar-refractivity contribution in [3.05, 3.63) is 42.1 Å². The molecule has 0 fully saturated rings. The van der Waals surface area contributed by atoms with Gasteiger partial charge in [0.25, 0.3) is 0 Å². The first-order valence-corrected chi connectivity index (χ1v) is 8.33. The molecule has 22 heavy (non-hydrogen) atoms. The van der Waals surface area contributed by atoms with Gasteiger partial charge in [-0.25, -0.2) is 9.97 Å². The average Bonchev–Trinajstić information content (AvgIpc) is 2.52. The van der Waals surface area contributed by atoms with Gasteiger partial charge in [0, 0.05) is 17.8 Å². The molecule has 0 aliphatic rings. The van der Waals surface area contributed by atoms with E-state index in [1.54, 1.807) is 0 Å². The minimum atomic E-state index is -0.211. The van der Waals surface area contributed by atoms with Crippen LogP contribution in [0.25, 0.3) is 11.3 Å². The minimum Gasteiger partial charge on any atom is -0.355 e. The van der Waals surface area contributed by atoms with E-state index >= 15 is 0 Å². The molecular formula is C17H21N3OS. The van der Waals surface area contributed by atoms with Crippen molar-refractivity contribution < 1.29 is 4.79 Å². The van der Waals surface area contributed by atoms with E-state index in [9.17, 15) is 4.79 Å². The molecule has 0 bridgehead atoms. The van der Waals surface area contributed by atoms with E-state index in [0.29, 0.717) is 11.7 Å². The zero-order valence-electron chi connectivity index (χ0n) is 13.2. The fourth-order valence-corrected chi connectivity index (χ4v) is 2.81. The number of thioether (sulfide) groups is 1. The van der Waals surface area contributed by atoms with Gasteiger partial charge in [0.05, 0.1) is 10.9 Å². The quantitative estimate of drug-likeness (QED) is 0.655. The van der Waals surface area contributed by atoms with E-state index in [-0.39, 0.29) is 11.2 Å². The maximum absolute atomic E-state index is 12.0. The van der Waals surface area contributed by atoms with E-state index in [1.807, 2.05) is 57.2 Å². The van der Waals surface area contributed by atoms with Gasteiger partial charge in [-0.2, -0.15) is 0 Å². The summed E-state index contributed by atoms with van der Waals surface area (Å²) in [5.74, 6) is 0.0261. The van der Waals surface area contributed by atoms with Crippen LogP contribution in [-0.4, -0.2) is 27.7 Å². The van der Waals surface area contributed by atoms with Crippen molar-refractivity contribution in [1.82, 2.24) is 15.3 Å². The lowest BCUT2D eigenvalue weighted by molar-refractivity contribution is -0.120. The smallest absolute Gasteiger partial charge is 0.233 e. The summed E-state index contributed by atoms with van der Waals surface area (Å²) in [5.41, 5.74) is 2.84. The highest BCUT2D eigenvalue weighted by molar-refractivity contribution is 8.00. The van der Waals surface area contributed by atoms with Crippen molar-refractivity contribution in [3.63, 3.8) is 0 Å². The van der Waals surface area contributed by atoms with Crippen LogP contribution in [0.3, 0.4) is 0 Å². The third-order valence-electron chi connectivity index (χ3n) is 3.10. The molecule has 1 heterocycles. The maximum atomic E-state index is 12.0. The molecule has 0 aliphatic carbocycles. The Labute approximate surface area is 135 Å². The molecule has 1 atom stereocenters. The van der Waals surface area contributed by atoms with Gasteiger partial charge in [-0.3, -0.25) is 4.79 Å². The molecule has 1 aromatic carbocycles. The van der Waals surface area contributed by atoms with Crippen LogP contribution in [0.4, 0.5) is 0 Å². The van der Waals surface area contributed by atoms with Crippen LogP contribution in [0.5, 0.6) is 0 Å². The molecule has 2 rings (SSSR count). The van der Waals surface area contributed by atoms with Crippen LogP contribution >= 0.6 is 11.8 Å². The van der Waals surface area contributed by atoms with Crippen molar-refractivity contribution in [2.24, 2.45) is 0 Å². The number of rotatable bonds is 6. The highest BCUT2D eigenvalue weighted by Gasteiger charge is 2.16. The zero-order chi connectivity index (χ0) is 15.9. The summed E-state index contributed by atoms with van der Waals surface area (Å²) < 4.78 is 0. The summed E-state index contributed by atoms with van der Waals surface area (Å²) in [7, 11) is 0. The molecule has 116 valence electrons. The predicted octanol–water partition coefficient (Wildman–Crippen LogP) is 3.46. The lowest BCUT2D eigenvalue weighted by Gasteiger charge is -2.11. The van der Waals surface area contributed by atoms with Gasteiger partial charge >= 0.3 is 0 Å². The zero-order valence-corrected chi connectivity index (χ0v) is 14.0. The maximum Gasteiger partial charge on any atom is 0.233 e. The van der Waals surface area contributed by atoms with Gasteiger partial charge in [-0.05, 0) is 26.3 Å². The van der Waals surface area contributed by atoms with Gasteiger partial charge in [-0.15, -0.1) is 0 Å². The monoisotopic (exact) mass is 315 g/mol. The Morgan fingerprint density at radius 1 is 1.27 bits per heavy atom. The summed E-state index contributed by atoms with van der Waals surface area (Å²) in [4.78, 5) is 21.0. The van der Waals surface area contributed by atoms with Crippen LogP contribution in [-0.2, 0) is 4.79 Å². The van der Waals surface area contributed by atoms with Gasteiger partial charge in [0.1, 0.15) is 0 Å². The predicted molar refractivity (Wildman–Crippen MR) is 90.8 cm³/mol. The number of aromatic nitrogens is 2. The summed E-state index contributed by atoms with van der Waals surface area (Å²) >= 11 is 1.39. The highest BCUT2D eigenvalue weighted by Crippen LogP contribution is 2.24. The van der Waals surface area contributed by atoms with Crippen molar-refractivity contribution in [1.29, 1.82) is 0 Å². The van der Waals surface area contributed by atoms with Crippen molar-refractivity contribution in [2.75, 3.05) is 6.54 Å². The standard InChI is InChI=1S/C17H21N3OS/c1-4-10-18-16(21)13(3)22-17-19-12(2)11-15(20-17)14-8-6-5-7-9-14/h5-9,11,13H,4,10H2,1-3H3,(H,18,21)/t13-/m1/s1. The number of amides is 1. The third kappa shape index (κ3) is 4.56. The van der Waals surface area contributed by atoms with E-state index in [1.165, 1.54) is 11.8 Å². The second kappa shape index (κ2) is 7.94. The summed E-state index contributed by atoms with van der Waals surface area (Å²) in [6.07, 6.45) is 0.933. The van der Waals surface area contributed by atoms with Gasteiger partial charge in [0.2, 0.25) is 5.91 Å². The molecule has 0 saturated carbocycles. The molecule has 1 amide bonds. The van der Waals surface area contributed by atoms with E-state index in [2.05, 4.69) is 15.3 Å². The highest BCUT2D eigenvalue weighted by atomic mass is 32.2. The first-order chi connectivity index (χ1) is 10.6. The Morgan fingerprint density at radius 2 is 2.00 bits per heavy atom.